The number of rotatable bonds is 5. The summed E-state index contributed by atoms with van der Waals surface area (Å²) < 4.78 is 0. The first-order valence-electron chi connectivity index (χ1n) is 7.33. The summed E-state index contributed by atoms with van der Waals surface area (Å²) in [5.74, 6) is -0.181. The maximum absolute atomic E-state index is 12.2. The number of nitrogens with one attached hydrogen (secondary N) is 1. The van der Waals surface area contributed by atoms with Gasteiger partial charge < -0.3 is 11.1 Å². The molecule has 1 atom stereocenters. The average Bonchev–Trinajstić information content (AvgIpc) is 2.62. The molecule has 0 fully saturated rings. The SMILES string of the molecule is C[C@H](NC(=O)CSc1nc(N)c(C#N)cc1C#N)c1ccc(Cl)c(Cl)c1. The first kappa shape index (κ1) is 19.9. The molecule has 2 aromatic rings. The van der Waals surface area contributed by atoms with Gasteiger partial charge in [0.2, 0.25) is 5.91 Å². The first-order chi connectivity index (χ1) is 12.3. The molecule has 0 aliphatic heterocycles. The van der Waals surface area contributed by atoms with E-state index in [-0.39, 0.29) is 34.6 Å². The highest BCUT2D eigenvalue weighted by Gasteiger charge is 2.15. The van der Waals surface area contributed by atoms with Gasteiger partial charge in [-0.15, -0.1) is 0 Å². The predicted molar refractivity (Wildman–Crippen MR) is 102 cm³/mol. The van der Waals surface area contributed by atoms with E-state index in [1.807, 2.05) is 19.1 Å². The second-order valence-electron chi connectivity index (χ2n) is 5.25. The molecule has 1 amide bonds. The van der Waals surface area contributed by atoms with Gasteiger partial charge in [-0.2, -0.15) is 10.5 Å². The predicted octanol–water partition coefficient (Wildman–Crippen LogP) is 3.68. The molecule has 26 heavy (non-hydrogen) atoms. The highest BCUT2D eigenvalue weighted by atomic mass is 35.5. The summed E-state index contributed by atoms with van der Waals surface area (Å²) in [6.07, 6.45) is 0. The van der Waals surface area contributed by atoms with Crippen LogP contribution in [-0.4, -0.2) is 16.6 Å². The van der Waals surface area contributed by atoms with Crippen molar-refractivity contribution in [2.24, 2.45) is 0 Å². The molecule has 1 aromatic carbocycles. The molecule has 132 valence electrons. The lowest BCUT2D eigenvalue weighted by Gasteiger charge is -2.15. The van der Waals surface area contributed by atoms with Crippen LogP contribution < -0.4 is 11.1 Å². The van der Waals surface area contributed by atoms with Crippen LogP contribution in [0.5, 0.6) is 0 Å². The Morgan fingerprint density at radius 2 is 1.96 bits per heavy atom. The van der Waals surface area contributed by atoms with Gasteiger partial charge in [-0.25, -0.2) is 4.98 Å². The molecule has 0 saturated carbocycles. The van der Waals surface area contributed by atoms with Crippen molar-refractivity contribution in [2.45, 2.75) is 18.0 Å². The van der Waals surface area contributed by atoms with Crippen LogP contribution in [-0.2, 0) is 4.79 Å². The number of amides is 1. The highest BCUT2D eigenvalue weighted by Crippen LogP contribution is 2.26. The summed E-state index contributed by atoms with van der Waals surface area (Å²) in [6.45, 7) is 1.82. The van der Waals surface area contributed by atoms with Gasteiger partial charge in [0.25, 0.3) is 0 Å². The van der Waals surface area contributed by atoms with Gasteiger partial charge in [-0.1, -0.05) is 41.0 Å². The zero-order valence-electron chi connectivity index (χ0n) is 13.6. The van der Waals surface area contributed by atoms with Crippen LogP contribution in [0.15, 0.2) is 29.3 Å². The molecule has 0 bridgehead atoms. The standard InChI is InChI=1S/C17H13Cl2N5OS/c1-9(10-2-3-13(18)14(19)5-10)23-15(25)8-26-17-12(7-21)4-11(6-20)16(22)24-17/h2-5,9H,8H2,1H3,(H2,22,24)(H,23,25)/t9-/m0/s1. The fourth-order valence-corrected chi connectivity index (χ4v) is 3.15. The molecule has 0 aliphatic rings. The van der Waals surface area contributed by atoms with Crippen molar-refractivity contribution in [3.63, 3.8) is 0 Å². The van der Waals surface area contributed by atoms with E-state index in [4.69, 9.17) is 39.5 Å². The molecule has 0 spiro atoms. The largest absolute Gasteiger partial charge is 0.383 e. The van der Waals surface area contributed by atoms with E-state index in [0.29, 0.717) is 15.1 Å². The zero-order valence-corrected chi connectivity index (χ0v) is 15.9. The highest BCUT2D eigenvalue weighted by molar-refractivity contribution is 8.00. The second-order valence-corrected chi connectivity index (χ2v) is 7.03. The third-order valence-corrected chi connectivity index (χ3v) is 5.15. The molecule has 0 saturated heterocycles. The molecule has 0 aliphatic carbocycles. The van der Waals surface area contributed by atoms with E-state index in [2.05, 4.69) is 10.3 Å². The quantitative estimate of drug-likeness (QED) is 0.732. The molecule has 2 rings (SSSR count). The topological polar surface area (TPSA) is 116 Å². The smallest absolute Gasteiger partial charge is 0.230 e. The monoisotopic (exact) mass is 405 g/mol. The van der Waals surface area contributed by atoms with Crippen LogP contribution in [0, 0.1) is 22.7 Å². The second kappa shape index (κ2) is 8.77. The number of nitrogens with zero attached hydrogens (tertiary/aromatic N) is 3. The van der Waals surface area contributed by atoms with Crippen LogP contribution in [0.4, 0.5) is 5.82 Å². The van der Waals surface area contributed by atoms with Crippen LogP contribution >= 0.6 is 35.0 Å². The molecular weight excluding hydrogens is 393 g/mol. The lowest BCUT2D eigenvalue weighted by Crippen LogP contribution is -2.28. The number of carbonyl (C=O) groups is 1. The van der Waals surface area contributed by atoms with E-state index in [1.165, 1.54) is 6.07 Å². The fraction of sp³-hybridized carbons (Fsp3) is 0.176. The van der Waals surface area contributed by atoms with Crippen molar-refractivity contribution in [2.75, 3.05) is 11.5 Å². The summed E-state index contributed by atoms with van der Waals surface area (Å²) in [6, 6.07) is 10.0. The first-order valence-corrected chi connectivity index (χ1v) is 9.07. The van der Waals surface area contributed by atoms with Gasteiger partial charge in [0.1, 0.15) is 23.0 Å². The number of nitrogens with two attached hydrogens (primary N) is 1. The van der Waals surface area contributed by atoms with Crippen molar-refractivity contribution in [3.8, 4) is 12.1 Å². The third kappa shape index (κ3) is 4.80. The Hall–Kier alpha value is -2.45. The Morgan fingerprint density at radius 1 is 1.27 bits per heavy atom. The Bertz CT molecular complexity index is 936. The normalized spacial score (nSPS) is 11.3. The molecule has 0 radical (unpaired) electrons. The Labute approximate surface area is 164 Å². The van der Waals surface area contributed by atoms with Crippen LogP contribution in [0.1, 0.15) is 29.7 Å². The number of pyridine rings is 1. The molecule has 9 heteroatoms. The van der Waals surface area contributed by atoms with Crippen molar-refractivity contribution in [1.82, 2.24) is 10.3 Å². The fourth-order valence-electron chi connectivity index (χ4n) is 2.07. The Balaban J connectivity index is 2.03. The number of aromatic nitrogens is 1. The van der Waals surface area contributed by atoms with Crippen molar-refractivity contribution in [3.05, 3.63) is 51.0 Å². The van der Waals surface area contributed by atoms with Crippen molar-refractivity contribution in [1.29, 1.82) is 10.5 Å². The van der Waals surface area contributed by atoms with E-state index in [1.54, 1.807) is 18.2 Å². The molecule has 6 nitrogen and oxygen atoms in total. The van der Waals surface area contributed by atoms with Crippen LogP contribution in [0.2, 0.25) is 10.0 Å². The maximum atomic E-state index is 12.2. The van der Waals surface area contributed by atoms with Gasteiger partial charge >= 0.3 is 0 Å². The molecule has 0 unspecified atom stereocenters. The van der Waals surface area contributed by atoms with E-state index in [9.17, 15) is 4.79 Å². The molecule has 1 heterocycles. The summed E-state index contributed by atoms with van der Waals surface area (Å²) in [4.78, 5) is 16.2. The number of thioether (sulfide) groups is 1. The zero-order chi connectivity index (χ0) is 19.3. The van der Waals surface area contributed by atoms with Gasteiger partial charge in [0, 0.05) is 0 Å². The van der Waals surface area contributed by atoms with Crippen LogP contribution in [0.3, 0.4) is 0 Å². The van der Waals surface area contributed by atoms with E-state index in [0.717, 1.165) is 17.3 Å². The minimum Gasteiger partial charge on any atom is -0.383 e. The van der Waals surface area contributed by atoms with Crippen molar-refractivity contribution < 1.29 is 4.79 Å². The van der Waals surface area contributed by atoms with Gasteiger partial charge in [-0.3, -0.25) is 4.79 Å². The molecule has 3 N–H and O–H groups in total. The number of benzene rings is 1. The average molecular weight is 406 g/mol. The van der Waals surface area contributed by atoms with Gasteiger partial charge in [0.15, 0.2) is 0 Å². The number of halogens is 2. The maximum Gasteiger partial charge on any atom is 0.230 e. The Morgan fingerprint density at radius 3 is 2.58 bits per heavy atom. The summed E-state index contributed by atoms with van der Waals surface area (Å²) >= 11 is 12.9. The lowest BCUT2D eigenvalue weighted by atomic mass is 10.1. The number of hydrogen-bond donors (Lipinski definition) is 2. The lowest BCUT2D eigenvalue weighted by molar-refractivity contribution is -0.119. The number of anilines is 1. The summed E-state index contributed by atoms with van der Waals surface area (Å²) in [7, 11) is 0. The Kier molecular flexibility index (Phi) is 6.70. The summed E-state index contributed by atoms with van der Waals surface area (Å²) in [5, 5.41) is 22.1. The third-order valence-electron chi connectivity index (χ3n) is 3.42. The number of nitrogen functional groups attached to an aromatic ring is 1. The molecular formula is C17H13Cl2N5OS. The van der Waals surface area contributed by atoms with Crippen molar-refractivity contribution >= 4 is 46.7 Å². The number of hydrogen-bond acceptors (Lipinski definition) is 6. The molecule has 1 aromatic heterocycles. The van der Waals surface area contributed by atoms with E-state index >= 15 is 0 Å². The van der Waals surface area contributed by atoms with Crippen LogP contribution in [0.25, 0.3) is 0 Å². The minimum absolute atomic E-state index is 0.0265. The van der Waals surface area contributed by atoms with Gasteiger partial charge in [0.05, 0.1) is 33.0 Å². The number of carbonyl (C=O) groups excluding carboxylic acids is 1. The van der Waals surface area contributed by atoms with E-state index < -0.39 is 0 Å². The summed E-state index contributed by atoms with van der Waals surface area (Å²) in [5.41, 5.74) is 6.81. The number of nitriles is 2. The van der Waals surface area contributed by atoms with Gasteiger partial charge in [-0.05, 0) is 30.7 Å². The minimum atomic E-state index is -0.271.